The second-order valence-electron chi connectivity index (χ2n) is 7.82. The number of halogens is 2. The molecule has 1 aliphatic heterocycles. The maximum absolute atomic E-state index is 12.8. The molecule has 1 N–H and O–H groups in total. The van der Waals surface area contributed by atoms with Crippen LogP contribution in [0.5, 0.6) is 5.75 Å². The number of anilines is 1. The van der Waals surface area contributed by atoms with Gasteiger partial charge in [0.15, 0.2) is 0 Å². The number of rotatable bonds is 8. The maximum atomic E-state index is 12.8. The molecule has 0 spiro atoms. The van der Waals surface area contributed by atoms with Gasteiger partial charge in [-0.05, 0) is 61.9 Å². The summed E-state index contributed by atoms with van der Waals surface area (Å²) in [6.07, 6.45) is 3.43. The molecule has 4 rings (SSSR count). The lowest BCUT2D eigenvalue weighted by Gasteiger charge is -2.30. The lowest BCUT2D eigenvalue weighted by Crippen LogP contribution is -2.40. The minimum atomic E-state index is -0.122. The van der Waals surface area contributed by atoms with Gasteiger partial charge in [-0.15, -0.1) is 0 Å². The molecule has 0 bridgehead atoms. The van der Waals surface area contributed by atoms with Crippen molar-refractivity contribution in [1.29, 1.82) is 0 Å². The highest BCUT2D eigenvalue weighted by Crippen LogP contribution is 2.29. The predicted octanol–water partition coefficient (Wildman–Crippen LogP) is 5.46. The summed E-state index contributed by atoms with van der Waals surface area (Å²) >= 11 is 12.2. The van der Waals surface area contributed by atoms with Crippen LogP contribution in [-0.4, -0.2) is 40.6 Å². The summed E-state index contributed by atoms with van der Waals surface area (Å²) in [6, 6.07) is 12.5. The number of piperidine rings is 1. The van der Waals surface area contributed by atoms with Gasteiger partial charge in [0.2, 0.25) is 17.6 Å². The zero-order valence-electron chi connectivity index (χ0n) is 18.0. The van der Waals surface area contributed by atoms with E-state index in [1.807, 2.05) is 24.3 Å². The fourth-order valence-corrected chi connectivity index (χ4v) is 4.23. The molecule has 33 heavy (non-hydrogen) atoms. The van der Waals surface area contributed by atoms with Crippen LogP contribution in [0.25, 0.3) is 11.4 Å². The number of hydrogen-bond donors (Lipinski definition) is 1. The Morgan fingerprint density at radius 3 is 2.85 bits per heavy atom. The first-order valence-corrected chi connectivity index (χ1v) is 11.4. The summed E-state index contributed by atoms with van der Waals surface area (Å²) in [4.78, 5) is 19.4. The first-order valence-electron chi connectivity index (χ1n) is 10.7. The number of hydrogen-bond acceptors (Lipinski definition) is 6. The Hall–Kier alpha value is -2.87. The fourth-order valence-electron chi connectivity index (χ4n) is 3.74. The number of amides is 1. The van der Waals surface area contributed by atoms with E-state index in [2.05, 4.69) is 26.9 Å². The van der Waals surface area contributed by atoms with Gasteiger partial charge >= 0.3 is 0 Å². The van der Waals surface area contributed by atoms with Crippen LogP contribution in [0.15, 0.2) is 59.6 Å². The SMILES string of the molecule is C=CCOc1ccc(NC(=O)C2CCCN(Cc3nc(-c4ccc(Cl)cc4Cl)no3)C2)cc1. The molecule has 0 saturated carbocycles. The Morgan fingerprint density at radius 2 is 2.09 bits per heavy atom. The van der Waals surface area contributed by atoms with Crippen molar-refractivity contribution in [2.45, 2.75) is 19.4 Å². The molecule has 1 saturated heterocycles. The molecule has 9 heteroatoms. The van der Waals surface area contributed by atoms with Gasteiger partial charge in [0.25, 0.3) is 0 Å². The third-order valence-electron chi connectivity index (χ3n) is 5.36. The molecule has 0 aliphatic carbocycles. The van der Waals surface area contributed by atoms with Crippen molar-refractivity contribution in [3.05, 3.63) is 71.1 Å². The van der Waals surface area contributed by atoms with Crippen LogP contribution in [0.1, 0.15) is 18.7 Å². The number of likely N-dealkylation sites (tertiary alicyclic amines) is 1. The van der Waals surface area contributed by atoms with E-state index in [0.29, 0.717) is 47.0 Å². The minimum Gasteiger partial charge on any atom is -0.490 e. The number of benzene rings is 2. The van der Waals surface area contributed by atoms with Gasteiger partial charge < -0.3 is 14.6 Å². The second kappa shape index (κ2) is 10.8. The number of carbonyl (C=O) groups is 1. The van der Waals surface area contributed by atoms with Gasteiger partial charge in [0, 0.05) is 22.8 Å². The summed E-state index contributed by atoms with van der Waals surface area (Å²) in [5.74, 6) is 1.50. The number of nitrogens with zero attached hydrogens (tertiary/aromatic N) is 3. The molecule has 1 aliphatic rings. The smallest absolute Gasteiger partial charge is 0.241 e. The Kier molecular flexibility index (Phi) is 7.65. The third-order valence-corrected chi connectivity index (χ3v) is 5.91. The van der Waals surface area contributed by atoms with Gasteiger partial charge in [-0.25, -0.2) is 0 Å². The van der Waals surface area contributed by atoms with Gasteiger partial charge in [-0.2, -0.15) is 4.98 Å². The van der Waals surface area contributed by atoms with Crippen molar-refractivity contribution in [3.8, 4) is 17.1 Å². The Morgan fingerprint density at radius 1 is 1.27 bits per heavy atom. The standard InChI is InChI=1S/C24H24Cl2N4O3/c1-2-12-32-19-8-6-18(7-9-19)27-24(31)16-4-3-11-30(14-16)15-22-28-23(29-33-22)20-10-5-17(25)13-21(20)26/h2,5-10,13,16H,1,3-4,11-12,14-15H2,(H,27,31). The zero-order valence-corrected chi connectivity index (χ0v) is 19.5. The highest BCUT2D eigenvalue weighted by molar-refractivity contribution is 6.36. The van der Waals surface area contributed by atoms with Crippen LogP contribution < -0.4 is 10.1 Å². The number of ether oxygens (including phenoxy) is 1. The van der Waals surface area contributed by atoms with Crippen molar-refractivity contribution >= 4 is 34.8 Å². The molecule has 1 atom stereocenters. The lowest BCUT2D eigenvalue weighted by molar-refractivity contribution is -0.121. The molecule has 1 aromatic heterocycles. The molecule has 1 amide bonds. The largest absolute Gasteiger partial charge is 0.490 e. The maximum Gasteiger partial charge on any atom is 0.241 e. The first-order chi connectivity index (χ1) is 16.0. The van der Waals surface area contributed by atoms with Crippen LogP contribution in [0.3, 0.4) is 0 Å². The fraction of sp³-hybridized carbons (Fsp3) is 0.292. The molecular formula is C24H24Cl2N4O3. The van der Waals surface area contributed by atoms with E-state index in [9.17, 15) is 4.79 Å². The van der Waals surface area contributed by atoms with E-state index in [0.717, 1.165) is 30.8 Å². The Bertz CT molecular complexity index is 1120. The first kappa shape index (κ1) is 23.3. The molecule has 2 heterocycles. The van der Waals surface area contributed by atoms with Crippen molar-refractivity contribution in [1.82, 2.24) is 15.0 Å². The molecule has 1 unspecified atom stereocenters. The summed E-state index contributed by atoms with van der Waals surface area (Å²) in [7, 11) is 0. The third kappa shape index (κ3) is 6.13. The number of nitrogens with one attached hydrogen (secondary N) is 1. The van der Waals surface area contributed by atoms with Crippen LogP contribution >= 0.6 is 23.2 Å². The summed E-state index contributed by atoms with van der Waals surface area (Å²) in [5.41, 5.74) is 1.40. The van der Waals surface area contributed by atoms with Crippen LogP contribution in [0.4, 0.5) is 5.69 Å². The highest BCUT2D eigenvalue weighted by atomic mass is 35.5. The molecule has 172 valence electrons. The van der Waals surface area contributed by atoms with Gasteiger partial charge in [-0.3, -0.25) is 9.69 Å². The van der Waals surface area contributed by atoms with E-state index in [1.165, 1.54) is 0 Å². The van der Waals surface area contributed by atoms with Gasteiger partial charge in [0.1, 0.15) is 12.4 Å². The second-order valence-corrected chi connectivity index (χ2v) is 8.67. The van der Waals surface area contributed by atoms with Crippen LogP contribution in [-0.2, 0) is 11.3 Å². The Labute approximate surface area is 202 Å². The number of aromatic nitrogens is 2. The highest BCUT2D eigenvalue weighted by Gasteiger charge is 2.27. The average molecular weight is 487 g/mol. The van der Waals surface area contributed by atoms with E-state index >= 15 is 0 Å². The lowest BCUT2D eigenvalue weighted by atomic mass is 9.97. The quantitative estimate of drug-likeness (QED) is 0.425. The van der Waals surface area contributed by atoms with E-state index < -0.39 is 0 Å². The molecule has 3 aromatic rings. The normalized spacial score (nSPS) is 16.4. The number of carbonyl (C=O) groups excluding carboxylic acids is 1. The van der Waals surface area contributed by atoms with E-state index in [-0.39, 0.29) is 11.8 Å². The van der Waals surface area contributed by atoms with Gasteiger partial charge in [-0.1, -0.05) is 41.0 Å². The summed E-state index contributed by atoms with van der Waals surface area (Å²) in [6.45, 7) is 6.02. The molecule has 1 fully saturated rings. The Balaban J connectivity index is 1.33. The van der Waals surface area contributed by atoms with Gasteiger partial charge in [0.05, 0.1) is 17.5 Å². The average Bonchev–Trinajstić information content (AvgIpc) is 3.26. The van der Waals surface area contributed by atoms with E-state index in [4.69, 9.17) is 32.5 Å². The molecule has 2 aromatic carbocycles. The molecule has 7 nitrogen and oxygen atoms in total. The van der Waals surface area contributed by atoms with Crippen molar-refractivity contribution in [3.63, 3.8) is 0 Å². The van der Waals surface area contributed by atoms with Crippen molar-refractivity contribution < 1.29 is 14.1 Å². The van der Waals surface area contributed by atoms with Crippen LogP contribution in [0, 0.1) is 5.92 Å². The zero-order chi connectivity index (χ0) is 23.2. The van der Waals surface area contributed by atoms with Crippen molar-refractivity contribution in [2.24, 2.45) is 5.92 Å². The summed E-state index contributed by atoms with van der Waals surface area (Å²) in [5, 5.41) is 8.05. The van der Waals surface area contributed by atoms with Crippen molar-refractivity contribution in [2.75, 3.05) is 25.0 Å². The topological polar surface area (TPSA) is 80.5 Å². The monoisotopic (exact) mass is 486 g/mol. The molecular weight excluding hydrogens is 463 g/mol. The van der Waals surface area contributed by atoms with E-state index in [1.54, 1.807) is 24.3 Å². The summed E-state index contributed by atoms with van der Waals surface area (Å²) < 4.78 is 10.9. The van der Waals surface area contributed by atoms with Crippen LogP contribution in [0.2, 0.25) is 10.0 Å². The molecule has 0 radical (unpaired) electrons. The predicted molar refractivity (Wildman–Crippen MR) is 129 cm³/mol. The minimum absolute atomic E-state index is 0.00127.